The van der Waals surface area contributed by atoms with Crippen LogP contribution in [0.3, 0.4) is 0 Å². The molecule has 0 saturated carbocycles. The van der Waals surface area contributed by atoms with E-state index < -0.39 is 10.0 Å². The molecular weight excluding hydrogens is 388 g/mol. The second kappa shape index (κ2) is 8.63. The maximum Gasteiger partial charge on any atom is 0.246 e. The van der Waals surface area contributed by atoms with E-state index in [1.54, 1.807) is 17.5 Å². The highest BCUT2D eigenvalue weighted by atomic mass is 32.2. The predicted molar refractivity (Wildman–Crippen MR) is 116 cm³/mol. The van der Waals surface area contributed by atoms with Gasteiger partial charge in [-0.1, -0.05) is 13.8 Å². The van der Waals surface area contributed by atoms with E-state index in [4.69, 9.17) is 9.47 Å². The summed E-state index contributed by atoms with van der Waals surface area (Å²) in [4.78, 5) is 2.45. The summed E-state index contributed by atoms with van der Waals surface area (Å²) < 4.78 is 39.0. The van der Waals surface area contributed by atoms with Gasteiger partial charge in [0.1, 0.15) is 16.4 Å². The lowest BCUT2D eigenvalue weighted by molar-refractivity contribution is 0.374. The van der Waals surface area contributed by atoms with Crippen LogP contribution >= 0.6 is 0 Å². The average molecular weight is 419 g/mol. The summed E-state index contributed by atoms with van der Waals surface area (Å²) >= 11 is 0. The second-order valence-corrected chi connectivity index (χ2v) is 9.51. The third-order valence-corrected chi connectivity index (χ3v) is 7.39. The van der Waals surface area contributed by atoms with E-state index in [0.29, 0.717) is 31.9 Å². The zero-order valence-electron chi connectivity index (χ0n) is 17.8. The smallest absolute Gasteiger partial charge is 0.246 e. The Kier molecular flexibility index (Phi) is 6.39. The van der Waals surface area contributed by atoms with Gasteiger partial charge in [-0.2, -0.15) is 4.31 Å². The van der Waals surface area contributed by atoms with Gasteiger partial charge in [0.2, 0.25) is 10.0 Å². The number of hydrogen-bond donors (Lipinski definition) is 0. The van der Waals surface area contributed by atoms with Gasteiger partial charge in [-0.05, 0) is 60.4 Å². The minimum atomic E-state index is -3.63. The van der Waals surface area contributed by atoms with Gasteiger partial charge in [-0.25, -0.2) is 8.42 Å². The van der Waals surface area contributed by atoms with Crippen molar-refractivity contribution in [1.29, 1.82) is 0 Å². The first-order valence-corrected chi connectivity index (χ1v) is 11.3. The van der Waals surface area contributed by atoms with Gasteiger partial charge in [0, 0.05) is 31.9 Å². The Balaban J connectivity index is 1.81. The summed E-state index contributed by atoms with van der Waals surface area (Å²) in [5.74, 6) is 1.45. The highest BCUT2D eigenvalue weighted by Gasteiger charge is 2.31. The first-order chi connectivity index (χ1) is 13.8. The van der Waals surface area contributed by atoms with Crippen LogP contribution in [-0.2, 0) is 10.0 Å². The van der Waals surface area contributed by atoms with Gasteiger partial charge in [0.15, 0.2) is 0 Å². The molecule has 0 bridgehead atoms. The van der Waals surface area contributed by atoms with Crippen LogP contribution in [0, 0.1) is 6.92 Å². The summed E-state index contributed by atoms with van der Waals surface area (Å²) in [6, 6.07) is 11.5. The molecule has 0 aliphatic carbocycles. The van der Waals surface area contributed by atoms with Crippen molar-refractivity contribution in [2.24, 2.45) is 0 Å². The van der Waals surface area contributed by atoms with Crippen LogP contribution in [0.15, 0.2) is 41.3 Å². The van der Waals surface area contributed by atoms with Gasteiger partial charge in [-0.3, -0.25) is 0 Å². The van der Waals surface area contributed by atoms with Crippen molar-refractivity contribution in [3.05, 3.63) is 47.5 Å². The van der Waals surface area contributed by atoms with E-state index in [9.17, 15) is 8.42 Å². The molecule has 0 unspecified atom stereocenters. The lowest BCUT2D eigenvalue weighted by Crippen LogP contribution is -2.48. The fourth-order valence-corrected chi connectivity index (χ4v) is 5.37. The predicted octanol–water partition coefficient (Wildman–Crippen LogP) is 3.65. The molecule has 29 heavy (non-hydrogen) atoms. The largest absolute Gasteiger partial charge is 0.497 e. The Hall–Kier alpha value is -2.25. The molecule has 3 rings (SSSR count). The quantitative estimate of drug-likeness (QED) is 0.717. The fraction of sp³-hybridized carbons (Fsp3) is 0.455. The fourth-order valence-electron chi connectivity index (χ4n) is 3.78. The van der Waals surface area contributed by atoms with Crippen LogP contribution in [-0.4, -0.2) is 53.1 Å². The zero-order chi connectivity index (χ0) is 21.2. The number of sulfonamides is 1. The molecule has 2 aromatic carbocycles. The molecule has 0 amide bonds. The first-order valence-electron chi connectivity index (χ1n) is 9.85. The summed E-state index contributed by atoms with van der Waals surface area (Å²) in [7, 11) is -0.472. The number of hydrogen-bond acceptors (Lipinski definition) is 5. The first kappa shape index (κ1) is 21.5. The van der Waals surface area contributed by atoms with Gasteiger partial charge in [0.05, 0.1) is 14.2 Å². The molecule has 2 aromatic rings. The van der Waals surface area contributed by atoms with E-state index in [1.165, 1.54) is 7.11 Å². The lowest BCUT2D eigenvalue weighted by atomic mass is 9.98. The number of nitrogens with zero attached hydrogens (tertiary/aromatic N) is 2. The Bertz CT molecular complexity index is 948. The topological polar surface area (TPSA) is 59.1 Å². The van der Waals surface area contributed by atoms with Gasteiger partial charge < -0.3 is 14.4 Å². The Morgan fingerprint density at radius 1 is 0.931 bits per heavy atom. The van der Waals surface area contributed by atoms with Crippen molar-refractivity contribution in [2.45, 2.75) is 31.6 Å². The van der Waals surface area contributed by atoms with Crippen molar-refractivity contribution in [2.75, 3.05) is 45.3 Å². The molecule has 1 aliphatic rings. The van der Waals surface area contributed by atoms with Gasteiger partial charge >= 0.3 is 0 Å². The van der Waals surface area contributed by atoms with Crippen LogP contribution in [0.2, 0.25) is 0 Å². The molecule has 1 fully saturated rings. The number of rotatable bonds is 6. The number of methoxy groups -OCH3 is 2. The van der Waals surface area contributed by atoms with E-state index in [-0.39, 0.29) is 10.8 Å². The minimum absolute atomic E-state index is 0.238. The molecule has 7 heteroatoms. The summed E-state index contributed by atoms with van der Waals surface area (Å²) in [5.41, 5.74) is 3.14. The average Bonchev–Trinajstić information content (AvgIpc) is 2.73. The van der Waals surface area contributed by atoms with Crippen LogP contribution in [0.5, 0.6) is 11.5 Å². The monoisotopic (exact) mass is 418 g/mol. The third-order valence-electron chi connectivity index (χ3n) is 5.47. The summed E-state index contributed by atoms with van der Waals surface area (Å²) in [5, 5.41) is 0. The summed E-state index contributed by atoms with van der Waals surface area (Å²) in [6.07, 6.45) is 0. The highest BCUT2D eigenvalue weighted by Crippen LogP contribution is 2.33. The maximum absolute atomic E-state index is 13.4. The number of aryl methyl sites for hydroxylation is 1. The molecule has 0 atom stereocenters. The van der Waals surface area contributed by atoms with Gasteiger partial charge in [-0.15, -0.1) is 0 Å². The molecule has 0 N–H and O–H groups in total. The molecule has 1 aliphatic heterocycles. The Morgan fingerprint density at radius 2 is 1.55 bits per heavy atom. The molecule has 0 radical (unpaired) electrons. The number of benzene rings is 2. The minimum Gasteiger partial charge on any atom is -0.497 e. The lowest BCUT2D eigenvalue weighted by Gasteiger charge is -2.35. The standard InChI is InChI=1S/C22H30N2O4S/c1-16(2)20-15-22(21(28-5)14-17(20)3)29(25,26)24-12-10-23(11-13-24)18-6-8-19(27-4)9-7-18/h6-9,14-16H,10-13H2,1-5H3. The summed E-state index contributed by atoms with van der Waals surface area (Å²) in [6.45, 7) is 8.26. The van der Waals surface area contributed by atoms with Crippen molar-refractivity contribution in [1.82, 2.24) is 4.31 Å². The van der Waals surface area contributed by atoms with Crippen LogP contribution in [0.4, 0.5) is 5.69 Å². The van der Waals surface area contributed by atoms with E-state index >= 15 is 0 Å². The Morgan fingerprint density at radius 3 is 2.07 bits per heavy atom. The molecule has 0 spiro atoms. The molecule has 1 saturated heterocycles. The molecule has 0 aromatic heterocycles. The third kappa shape index (κ3) is 4.36. The van der Waals surface area contributed by atoms with Crippen LogP contribution < -0.4 is 14.4 Å². The number of piperazine rings is 1. The van der Waals surface area contributed by atoms with Crippen LogP contribution in [0.1, 0.15) is 30.9 Å². The van der Waals surface area contributed by atoms with Crippen molar-refractivity contribution in [3.8, 4) is 11.5 Å². The maximum atomic E-state index is 13.4. The van der Waals surface area contributed by atoms with Crippen molar-refractivity contribution < 1.29 is 17.9 Å². The zero-order valence-corrected chi connectivity index (χ0v) is 18.6. The normalized spacial score (nSPS) is 15.6. The molecule has 1 heterocycles. The highest BCUT2D eigenvalue weighted by molar-refractivity contribution is 7.89. The second-order valence-electron chi connectivity index (χ2n) is 7.60. The molecular formula is C22H30N2O4S. The van der Waals surface area contributed by atoms with Crippen LogP contribution in [0.25, 0.3) is 0 Å². The molecule has 6 nitrogen and oxygen atoms in total. The van der Waals surface area contributed by atoms with Crippen molar-refractivity contribution in [3.63, 3.8) is 0 Å². The van der Waals surface area contributed by atoms with Gasteiger partial charge in [0.25, 0.3) is 0 Å². The van der Waals surface area contributed by atoms with E-state index in [2.05, 4.69) is 18.7 Å². The van der Waals surface area contributed by atoms with Crippen molar-refractivity contribution >= 4 is 15.7 Å². The van der Waals surface area contributed by atoms with E-state index in [0.717, 1.165) is 22.6 Å². The SMILES string of the molecule is COc1ccc(N2CCN(S(=O)(=O)c3cc(C(C)C)c(C)cc3OC)CC2)cc1. The van der Waals surface area contributed by atoms with E-state index in [1.807, 2.05) is 37.3 Å². The number of ether oxygens (including phenoxy) is 2. The Labute approximate surface area is 174 Å². The molecule has 158 valence electrons. The number of anilines is 1.